The number of hydrogen-bond acceptors (Lipinski definition) is 7. The third kappa shape index (κ3) is 5.99. The average molecular weight is 674 g/mol. The molecular weight excluding hydrogens is 651 g/mol. The number of fused-ring (bicyclic) bond motifs is 1. The van der Waals surface area contributed by atoms with E-state index in [9.17, 15) is 9.59 Å². The number of nitrogens with zero attached hydrogens (tertiary/aromatic N) is 2. The molecule has 0 fully saturated rings. The summed E-state index contributed by atoms with van der Waals surface area (Å²) < 4.78 is 19.3. The lowest BCUT2D eigenvalue weighted by Crippen LogP contribution is -2.40. The van der Waals surface area contributed by atoms with E-state index in [0.29, 0.717) is 48.7 Å². The maximum absolute atomic E-state index is 13.9. The van der Waals surface area contributed by atoms with Crippen molar-refractivity contribution >= 4 is 62.5 Å². The van der Waals surface area contributed by atoms with Crippen LogP contribution in [0.5, 0.6) is 11.5 Å². The van der Waals surface area contributed by atoms with E-state index in [-0.39, 0.29) is 11.1 Å². The molecule has 3 aromatic carbocycles. The van der Waals surface area contributed by atoms with Crippen molar-refractivity contribution in [3.05, 3.63) is 123 Å². The van der Waals surface area contributed by atoms with Crippen molar-refractivity contribution in [1.82, 2.24) is 4.57 Å². The van der Waals surface area contributed by atoms with Crippen LogP contribution >= 0.6 is 50.5 Å². The van der Waals surface area contributed by atoms with Crippen molar-refractivity contribution in [2.24, 2.45) is 4.99 Å². The first-order valence-corrected chi connectivity index (χ1v) is 14.7. The van der Waals surface area contributed by atoms with Gasteiger partial charge in [0.15, 0.2) is 4.80 Å². The Balaban J connectivity index is 1.56. The summed E-state index contributed by atoms with van der Waals surface area (Å²) in [5.41, 5.74) is 2.68. The normalized spacial score (nSPS) is 14.9. The Hall–Kier alpha value is -3.37. The quantitative estimate of drug-likeness (QED) is 0.223. The zero-order valence-electron chi connectivity index (χ0n) is 22.1. The number of aromatic nitrogens is 1. The molecule has 41 heavy (non-hydrogen) atoms. The van der Waals surface area contributed by atoms with E-state index in [1.54, 1.807) is 31.2 Å². The Morgan fingerprint density at radius 1 is 1.05 bits per heavy atom. The van der Waals surface area contributed by atoms with Crippen molar-refractivity contribution < 1.29 is 19.0 Å². The fourth-order valence-electron chi connectivity index (χ4n) is 4.52. The highest BCUT2D eigenvalue weighted by Crippen LogP contribution is 2.37. The Bertz CT molecular complexity index is 1870. The van der Waals surface area contributed by atoms with Crippen LogP contribution in [0.25, 0.3) is 6.08 Å². The SMILES string of the molecule is COC(=O)C1=C(C)N=c2s/c(=C\c3ccc(OCc4ccc(Cl)cc4)c(Br)c3)c(=O)n2[C@@H]1c1cc(Cl)ccc1OC. The Morgan fingerprint density at radius 2 is 1.76 bits per heavy atom. The third-order valence-corrected chi connectivity index (χ3v) is 8.56. The summed E-state index contributed by atoms with van der Waals surface area (Å²) in [4.78, 5) is 31.8. The standard InChI is InChI=1S/C30H23BrCl2N2O5S/c1-16-26(29(37)39-3)27(21-14-20(33)9-11-23(21)38-2)35-28(36)25(41-30(35)34-16)13-18-6-10-24(22(31)12-18)40-15-17-4-7-19(32)8-5-17/h4-14,27H,15H2,1-3H3/b25-13-/t27-/m1/s1. The number of thiazole rings is 1. The largest absolute Gasteiger partial charge is 0.496 e. The fourth-order valence-corrected chi connectivity index (χ4v) is 6.39. The predicted molar refractivity (Wildman–Crippen MR) is 164 cm³/mol. The van der Waals surface area contributed by atoms with Gasteiger partial charge >= 0.3 is 5.97 Å². The molecule has 1 aliphatic heterocycles. The number of halogens is 3. The van der Waals surface area contributed by atoms with Gasteiger partial charge in [-0.2, -0.15) is 0 Å². The zero-order chi connectivity index (χ0) is 29.3. The number of allylic oxidation sites excluding steroid dienone is 1. The van der Waals surface area contributed by atoms with E-state index >= 15 is 0 Å². The molecule has 4 aromatic rings. The number of carbonyl (C=O) groups is 1. The first-order chi connectivity index (χ1) is 19.7. The van der Waals surface area contributed by atoms with Crippen LogP contribution < -0.4 is 24.4 Å². The first kappa shape index (κ1) is 29.1. The van der Waals surface area contributed by atoms with Gasteiger partial charge in [0.25, 0.3) is 5.56 Å². The molecule has 0 amide bonds. The van der Waals surface area contributed by atoms with E-state index < -0.39 is 12.0 Å². The van der Waals surface area contributed by atoms with Gasteiger partial charge in [0, 0.05) is 15.6 Å². The van der Waals surface area contributed by atoms with Crippen molar-refractivity contribution in [2.75, 3.05) is 14.2 Å². The topological polar surface area (TPSA) is 79.1 Å². The number of carbonyl (C=O) groups excluding carboxylic acids is 1. The average Bonchev–Trinajstić information content (AvgIpc) is 3.26. The molecule has 0 radical (unpaired) electrons. The molecule has 1 aromatic heterocycles. The molecule has 0 unspecified atom stereocenters. The number of benzene rings is 3. The summed E-state index contributed by atoms with van der Waals surface area (Å²) >= 11 is 17.1. The maximum atomic E-state index is 13.9. The molecule has 0 bridgehead atoms. The third-order valence-electron chi connectivity index (χ3n) is 6.47. The van der Waals surface area contributed by atoms with Crippen LogP contribution in [0.2, 0.25) is 10.0 Å². The molecule has 0 saturated carbocycles. The molecule has 0 spiro atoms. The van der Waals surface area contributed by atoms with Gasteiger partial charge in [0.05, 0.1) is 34.5 Å². The fraction of sp³-hybridized carbons (Fsp3) is 0.167. The number of methoxy groups -OCH3 is 2. The lowest BCUT2D eigenvalue weighted by Gasteiger charge is -2.25. The lowest BCUT2D eigenvalue weighted by molar-refractivity contribution is -0.136. The van der Waals surface area contributed by atoms with Crippen LogP contribution in [-0.4, -0.2) is 24.8 Å². The van der Waals surface area contributed by atoms with Gasteiger partial charge < -0.3 is 14.2 Å². The highest BCUT2D eigenvalue weighted by molar-refractivity contribution is 9.10. The van der Waals surface area contributed by atoms with E-state index in [0.717, 1.165) is 15.6 Å². The molecule has 210 valence electrons. The van der Waals surface area contributed by atoms with Crippen molar-refractivity contribution in [3.63, 3.8) is 0 Å². The van der Waals surface area contributed by atoms with Crippen LogP contribution in [-0.2, 0) is 16.1 Å². The summed E-state index contributed by atoms with van der Waals surface area (Å²) in [6.07, 6.45) is 1.78. The highest BCUT2D eigenvalue weighted by Gasteiger charge is 2.35. The molecular formula is C30H23BrCl2N2O5S. The number of esters is 1. The van der Waals surface area contributed by atoms with Crippen LogP contribution in [0, 0.1) is 0 Å². The Morgan fingerprint density at radius 3 is 2.44 bits per heavy atom. The van der Waals surface area contributed by atoms with Gasteiger partial charge in [0.2, 0.25) is 0 Å². The summed E-state index contributed by atoms with van der Waals surface area (Å²) in [6, 6.07) is 17.2. The minimum absolute atomic E-state index is 0.233. The predicted octanol–water partition coefficient (Wildman–Crippen LogP) is 6.07. The van der Waals surface area contributed by atoms with Gasteiger partial charge in [-0.05, 0) is 82.5 Å². The van der Waals surface area contributed by atoms with Crippen LogP contribution in [0.3, 0.4) is 0 Å². The maximum Gasteiger partial charge on any atom is 0.338 e. The van der Waals surface area contributed by atoms with E-state index in [1.807, 2.05) is 42.5 Å². The van der Waals surface area contributed by atoms with Crippen molar-refractivity contribution in [3.8, 4) is 11.5 Å². The monoisotopic (exact) mass is 672 g/mol. The number of rotatable bonds is 7. The van der Waals surface area contributed by atoms with Gasteiger partial charge in [0.1, 0.15) is 24.1 Å². The minimum Gasteiger partial charge on any atom is -0.496 e. The first-order valence-electron chi connectivity index (χ1n) is 12.3. The van der Waals surface area contributed by atoms with Crippen molar-refractivity contribution in [2.45, 2.75) is 19.6 Å². The van der Waals surface area contributed by atoms with Crippen LogP contribution in [0.1, 0.15) is 29.7 Å². The van der Waals surface area contributed by atoms with Gasteiger partial charge in [-0.15, -0.1) is 0 Å². The van der Waals surface area contributed by atoms with Crippen LogP contribution in [0.15, 0.2) is 86.2 Å². The van der Waals surface area contributed by atoms with Gasteiger partial charge in [-0.25, -0.2) is 9.79 Å². The number of ether oxygens (including phenoxy) is 3. The zero-order valence-corrected chi connectivity index (χ0v) is 26.0. The van der Waals surface area contributed by atoms with Crippen molar-refractivity contribution in [1.29, 1.82) is 0 Å². The van der Waals surface area contributed by atoms with E-state index in [2.05, 4.69) is 20.9 Å². The molecule has 11 heteroatoms. The summed E-state index contributed by atoms with van der Waals surface area (Å²) in [6.45, 7) is 2.09. The summed E-state index contributed by atoms with van der Waals surface area (Å²) in [5, 5.41) is 1.10. The molecule has 0 saturated heterocycles. The highest BCUT2D eigenvalue weighted by atomic mass is 79.9. The van der Waals surface area contributed by atoms with Gasteiger partial charge in [-0.1, -0.05) is 52.7 Å². The molecule has 0 N–H and O–H groups in total. The molecule has 1 aliphatic rings. The molecule has 2 heterocycles. The Labute approximate surface area is 258 Å². The van der Waals surface area contributed by atoms with E-state index in [4.69, 9.17) is 37.4 Å². The minimum atomic E-state index is -0.843. The Kier molecular flexibility index (Phi) is 8.70. The molecule has 0 aliphatic carbocycles. The molecule has 5 rings (SSSR count). The van der Waals surface area contributed by atoms with Crippen LogP contribution in [0.4, 0.5) is 0 Å². The lowest BCUT2D eigenvalue weighted by atomic mass is 9.95. The second-order valence-corrected chi connectivity index (χ2v) is 11.8. The van der Waals surface area contributed by atoms with Gasteiger partial charge in [-0.3, -0.25) is 9.36 Å². The second kappa shape index (κ2) is 12.2. The smallest absolute Gasteiger partial charge is 0.338 e. The number of hydrogen-bond donors (Lipinski definition) is 0. The summed E-state index contributed by atoms with van der Waals surface area (Å²) in [7, 11) is 2.81. The molecule has 1 atom stereocenters. The summed E-state index contributed by atoms with van der Waals surface area (Å²) in [5.74, 6) is 0.541. The van der Waals surface area contributed by atoms with E-state index in [1.165, 1.54) is 30.1 Å². The second-order valence-electron chi connectivity index (χ2n) is 9.06. The molecule has 7 nitrogen and oxygen atoms in total.